The van der Waals surface area contributed by atoms with Crippen LogP contribution in [0.5, 0.6) is 0 Å². The number of aliphatic hydroxyl groups is 1. The molecular weight excluding hydrogens is 420 g/mol. The first-order valence-electron chi connectivity index (χ1n) is 10.9. The second kappa shape index (κ2) is 14.2. The first-order valence-corrected chi connectivity index (χ1v) is 10.9. The summed E-state index contributed by atoms with van der Waals surface area (Å²) < 4.78 is 22.7. The van der Waals surface area contributed by atoms with E-state index in [4.69, 9.17) is 18.9 Å². The Morgan fingerprint density at radius 3 is 1.52 bits per heavy atom. The number of benzene rings is 3. The van der Waals surface area contributed by atoms with Gasteiger partial charge in [-0.2, -0.15) is 0 Å². The number of ether oxygens (including phenoxy) is 4. The molecule has 3 rings (SSSR count). The number of hydrogen-bond acceptors (Lipinski definition) is 6. The highest BCUT2D eigenvalue weighted by Crippen LogP contribution is 2.14. The summed E-state index contributed by atoms with van der Waals surface area (Å²) in [5, 5.41) is 11.0. The monoisotopic (exact) mass is 450 g/mol. The van der Waals surface area contributed by atoms with Crippen LogP contribution in [0.25, 0.3) is 0 Å². The summed E-state index contributed by atoms with van der Waals surface area (Å²) in [5.41, 5.74) is 2.96. The zero-order valence-corrected chi connectivity index (χ0v) is 18.5. The summed E-state index contributed by atoms with van der Waals surface area (Å²) in [6, 6.07) is 29.0. The van der Waals surface area contributed by atoms with Crippen molar-refractivity contribution in [2.75, 3.05) is 13.2 Å². The zero-order chi connectivity index (χ0) is 23.1. The number of rotatable bonds is 15. The Labute approximate surface area is 194 Å². The van der Waals surface area contributed by atoms with Gasteiger partial charge in [-0.3, -0.25) is 4.79 Å². The Morgan fingerprint density at radius 2 is 1.06 bits per heavy atom. The molecule has 174 valence electrons. The van der Waals surface area contributed by atoms with Gasteiger partial charge in [0.25, 0.3) is 6.47 Å². The SMILES string of the molecule is O=CO[C@H](COCc1ccccc1)[C@@H](O)[C@@H](COCc1ccccc1)OCc1ccccc1. The molecule has 0 aromatic heterocycles. The third kappa shape index (κ3) is 8.79. The average Bonchev–Trinajstić information content (AvgIpc) is 2.87. The predicted octanol–water partition coefficient (Wildman–Crippen LogP) is 3.91. The first kappa shape index (κ1) is 24.6. The molecule has 6 nitrogen and oxygen atoms in total. The van der Waals surface area contributed by atoms with Gasteiger partial charge in [0.1, 0.15) is 12.2 Å². The van der Waals surface area contributed by atoms with Crippen molar-refractivity contribution in [2.45, 2.75) is 38.1 Å². The molecule has 6 heteroatoms. The summed E-state index contributed by atoms with van der Waals surface area (Å²) in [6.45, 7) is 1.47. The molecule has 0 heterocycles. The summed E-state index contributed by atoms with van der Waals surface area (Å²) in [7, 11) is 0. The molecule has 0 saturated heterocycles. The van der Waals surface area contributed by atoms with Crippen molar-refractivity contribution >= 4 is 6.47 Å². The maximum absolute atomic E-state index is 11.1. The Morgan fingerprint density at radius 1 is 0.636 bits per heavy atom. The van der Waals surface area contributed by atoms with E-state index in [0.717, 1.165) is 16.7 Å². The van der Waals surface area contributed by atoms with E-state index in [1.807, 2.05) is 91.0 Å². The second-order valence-corrected chi connectivity index (χ2v) is 7.60. The maximum Gasteiger partial charge on any atom is 0.293 e. The minimum Gasteiger partial charge on any atom is -0.459 e. The molecule has 0 saturated carbocycles. The van der Waals surface area contributed by atoms with Gasteiger partial charge in [-0.05, 0) is 16.7 Å². The molecule has 0 radical (unpaired) electrons. The van der Waals surface area contributed by atoms with Crippen LogP contribution in [0.4, 0.5) is 0 Å². The van der Waals surface area contributed by atoms with Crippen LogP contribution in [-0.4, -0.2) is 43.1 Å². The molecule has 1 N–H and O–H groups in total. The highest BCUT2D eigenvalue weighted by Gasteiger charge is 2.30. The van der Waals surface area contributed by atoms with E-state index in [1.54, 1.807) is 0 Å². The van der Waals surface area contributed by atoms with Crippen molar-refractivity contribution in [3.63, 3.8) is 0 Å². The molecule has 3 aromatic rings. The van der Waals surface area contributed by atoms with Crippen LogP contribution in [0, 0.1) is 0 Å². The van der Waals surface area contributed by atoms with Crippen LogP contribution in [-0.2, 0) is 43.6 Å². The summed E-state index contributed by atoms with van der Waals surface area (Å²) >= 11 is 0. The molecule has 3 atom stereocenters. The highest BCUT2D eigenvalue weighted by atomic mass is 16.6. The zero-order valence-electron chi connectivity index (χ0n) is 18.5. The summed E-state index contributed by atoms with van der Waals surface area (Å²) in [4.78, 5) is 11.1. The summed E-state index contributed by atoms with van der Waals surface area (Å²) in [5.74, 6) is 0. The van der Waals surface area contributed by atoms with Gasteiger partial charge in [-0.15, -0.1) is 0 Å². The van der Waals surface area contributed by atoms with E-state index in [2.05, 4.69) is 0 Å². The fourth-order valence-corrected chi connectivity index (χ4v) is 3.29. The fourth-order valence-electron chi connectivity index (χ4n) is 3.29. The largest absolute Gasteiger partial charge is 0.459 e. The minimum absolute atomic E-state index is 0.0265. The second-order valence-electron chi connectivity index (χ2n) is 7.60. The topological polar surface area (TPSA) is 74.2 Å². The smallest absolute Gasteiger partial charge is 0.293 e. The van der Waals surface area contributed by atoms with Crippen molar-refractivity contribution < 1.29 is 28.8 Å². The van der Waals surface area contributed by atoms with E-state index in [9.17, 15) is 9.90 Å². The number of carbonyl (C=O) groups is 1. The van der Waals surface area contributed by atoms with Crippen LogP contribution in [0.3, 0.4) is 0 Å². The summed E-state index contributed by atoms with van der Waals surface area (Å²) in [6.07, 6.45) is -2.75. The lowest BCUT2D eigenvalue weighted by molar-refractivity contribution is -0.164. The Bertz CT molecular complexity index is 904. The van der Waals surface area contributed by atoms with Crippen LogP contribution < -0.4 is 0 Å². The first-order chi connectivity index (χ1) is 16.3. The van der Waals surface area contributed by atoms with E-state index >= 15 is 0 Å². The van der Waals surface area contributed by atoms with Crippen molar-refractivity contribution in [3.8, 4) is 0 Å². The van der Waals surface area contributed by atoms with Gasteiger partial charge in [-0.25, -0.2) is 0 Å². The van der Waals surface area contributed by atoms with Crippen LogP contribution in [0.15, 0.2) is 91.0 Å². The van der Waals surface area contributed by atoms with Crippen LogP contribution >= 0.6 is 0 Å². The molecule has 33 heavy (non-hydrogen) atoms. The Kier molecular flexibility index (Phi) is 10.6. The van der Waals surface area contributed by atoms with Crippen molar-refractivity contribution in [1.29, 1.82) is 0 Å². The minimum atomic E-state index is -1.13. The molecule has 0 spiro atoms. The maximum atomic E-state index is 11.1. The van der Waals surface area contributed by atoms with Crippen molar-refractivity contribution in [1.82, 2.24) is 0 Å². The average molecular weight is 451 g/mol. The molecule has 0 aliphatic heterocycles. The van der Waals surface area contributed by atoms with Crippen LogP contribution in [0.1, 0.15) is 16.7 Å². The van der Waals surface area contributed by atoms with E-state index in [-0.39, 0.29) is 19.8 Å². The lowest BCUT2D eigenvalue weighted by atomic mass is 10.1. The lowest BCUT2D eigenvalue weighted by Crippen LogP contribution is -2.45. The van der Waals surface area contributed by atoms with Gasteiger partial charge in [0.05, 0.1) is 33.0 Å². The molecule has 0 fully saturated rings. The number of hydrogen-bond donors (Lipinski definition) is 1. The third-order valence-corrected chi connectivity index (χ3v) is 5.09. The molecule has 0 aliphatic carbocycles. The van der Waals surface area contributed by atoms with Crippen molar-refractivity contribution in [2.24, 2.45) is 0 Å². The van der Waals surface area contributed by atoms with Crippen LogP contribution in [0.2, 0.25) is 0 Å². The van der Waals surface area contributed by atoms with Gasteiger partial charge in [-0.1, -0.05) is 91.0 Å². The Balaban J connectivity index is 1.60. The molecule has 0 amide bonds. The van der Waals surface area contributed by atoms with Gasteiger partial charge < -0.3 is 24.1 Å². The normalized spacial score (nSPS) is 13.7. The molecule has 0 unspecified atom stereocenters. The van der Waals surface area contributed by atoms with Gasteiger partial charge in [0.2, 0.25) is 0 Å². The molecule has 0 bridgehead atoms. The molecule has 3 aromatic carbocycles. The predicted molar refractivity (Wildman–Crippen MR) is 124 cm³/mol. The van der Waals surface area contributed by atoms with Gasteiger partial charge in [0, 0.05) is 0 Å². The van der Waals surface area contributed by atoms with Crippen molar-refractivity contribution in [3.05, 3.63) is 108 Å². The highest BCUT2D eigenvalue weighted by molar-refractivity contribution is 5.37. The Hall–Kier alpha value is -3.03. The molecular formula is C27H30O6. The number of aliphatic hydroxyl groups excluding tert-OH is 1. The molecule has 0 aliphatic rings. The standard InChI is InChI=1S/C27H30O6/c28-21-33-26(20-31-17-23-12-6-2-7-13-23)27(29)25(32-18-24-14-8-3-9-15-24)19-30-16-22-10-4-1-5-11-22/h1-15,21,25-27,29H,16-20H2/t25-,26-,27+/m1/s1. The van der Waals surface area contributed by atoms with Gasteiger partial charge in [0.15, 0.2) is 6.10 Å². The quantitative estimate of drug-likeness (QED) is 0.354. The lowest BCUT2D eigenvalue weighted by Gasteiger charge is -2.28. The number of carbonyl (C=O) groups excluding carboxylic acids is 1. The third-order valence-electron chi connectivity index (χ3n) is 5.09. The fraction of sp³-hybridized carbons (Fsp3) is 0.296. The van der Waals surface area contributed by atoms with Gasteiger partial charge >= 0.3 is 0 Å². The van der Waals surface area contributed by atoms with E-state index in [0.29, 0.717) is 19.7 Å². The van der Waals surface area contributed by atoms with E-state index in [1.165, 1.54) is 0 Å². The van der Waals surface area contributed by atoms with E-state index < -0.39 is 18.3 Å².